The van der Waals surface area contributed by atoms with Crippen molar-refractivity contribution in [2.24, 2.45) is 5.73 Å². The molecule has 1 aromatic carbocycles. The fourth-order valence-electron chi connectivity index (χ4n) is 1.57. The summed E-state index contributed by atoms with van der Waals surface area (Å²) in [6.45, 7) is 0.873. The summed E-state index contributed by atoms with van der Waals surface area (Å²) in [6.07, 6.45) is -4.24. The van der Waals surface area contributed by atoms with Crippen LogP contribution in [0.15, 0.2) is 12.1 Å². The molecule has 0 bridgehead atoms. The lowest BCUT2D eigenvalue weighted by Crippen LogP contribution is -2.20. The second-order valence-electron chi connectivity index (χ2n) is 4.20. The zero-order valence-electron chi connectivity index (χ0n) is 10.6. The highest BCUT2D eigenvalue weighted by molar-refractivity contribution is 6.35. The number of halogens is 5. The van der Waals surface area contributed by atoms with Gasteiger partial charge in [-0.3, -0.25) is 4.74 Å². The number of benzene rings is 1. The number of nitrogens with two attached hydrogens (primary N) is 1. The fraction of sp³-hybridized carbons (Fsp3) is 0.500. The van der Waals surface area contributed by atoms with Gasteiger partial charge in [0.2, 0.25) is 0 Å². The zero-order chi connectivity index (χ0) is 15.3. The minimum absolute atomic E-state index is 0.168. The van der Waals surface area contributed by atoms with Gasteiger partial charge in [-0.05, 0) is 31.0 Å². The van der Waals surface area contributed by atoms with Gasteiger partial charge in [-0.25, -0.2) is 0 Å². The average Bonchev–Trinajstić information content (AvgIpc) is 2.24. The molecule has 1 unspecified atom stereocenters. The molecular weight excluding hydrogens is 318 g/mol. The standard InChI is InChI=1S/C12H14Cl2F3NO2/c1-7(18)4-8-5-9(13)6-10(14)11(8)19-2-3-20-12(15,16)17/h5-7H,2-4,18H2,1H3. The molecule has 0 aromatic heterocycles. The van der Waals surface area contributed by atoms with Crippen molar-refractivity contribution >= 4 is 23.2 Å². The fourth-order valence-corrected chi connectivity index (χ4v) is 2.17. The summed E-state index contributed by atoms with van der Waals surface area (Å²) in [7, 11) is 0. The van der Waals surface area contributed by atoms with Gasteiger partial charge in [0, 0.05) is 11.1 Å². The third-order valence-electron chi connectivity index (χ3n) is 2.22. The molecule has 0 saturated carbocycles. The third kappa shape index (κ3) is 6.17. The number of rotatable bonds is 6. The smallest absolute Gasteiger partial charge is 0.489 e. The zero-order valence-corrected chi connectivity index (χ0v) is 12.1. The van der Waals surface area contributed by atoms with E-state index in [1.807, 2.05) is 0 Å². The molecule has 0 radical (unpaired) electrons. The lowest BCUT2D eigenvalue weighted by Gasteiger charge is -2.15. The summed E-state index contributed by atoms with van der Waals surface area (Å²) < 4.78 is 44.3. The van der Waals surface area contributed by atoms with Crippen LogP contribution in [0.1, 0.15) is 12.5 Å². The maximum atomic E-state index is 11.8. The molecule has 2 N–H and O–H groups in total. The van der Waals surface area contributed by atoms with Crippen molar-refractivity contribution in [1.29, 1.82) is 0 Å². The minimum atomic E-state index is -4.68. The van der Waals surface area contributed by atoms with Crippen LogP contribution in [0.3, 0.4) is 0 Å². The van der Waals surface area contributed by atoms with E-state index in [1.54, 1.807) is 13.0 Å². The molecule has 0 spiro atoms. The molecule has 0 aliphatic heterocycles. The summed E-state index contributed by atoms with van der Waals surface area (Å²) in [5.74, 6) is 0.277. The Labute approximate surface area is 124 Å². The van der Waals surface area contributed by atoms with Crippen molar-refractivity contribution in [3.8, 4) is 5.75 Å². The van der Waals surface area contributed by atoms with Gasteiger partial charge < -0.3 is 10.5 Å². The van der Waals surface area contributed by atoms with Gasteiger partial charge in [0.05, 0.1) is 11.6 Å². The highest BCUT2D eigenvalue weighted by Crippen LogP contribution is 2.33. The first-order chi connectivity index (χ1) is 9.19. The maximum Gasteiger partial charge on any atom is 0.522 e. The van der Waals surface area contributed by atoms with Gasteiger partial charge in [-0.15, -0.1) is 13.2 Å². The van der Waals surface area contributed by atoms with Crippen LogP contribution >= 0.6 is 23.2 Å². The predicted molar refractivity (Wildman–Crippen MR) is 71.3 cm³/mol. The molecule has 20 heavy (non-hydrogen) atoms. The maximum absolute atomic E-state index is 11.8. The summed E-state index contributed by atoms with van der Waals surface area (Å²) in [5, 5.41) is 0.629. The largest absolute Gasteiger partial charge is 0.522 e. The Morgan fingerprint density at radius 2 is 1.90 bits per heavy atom. The lowest BCUT2D eigenvalue weighted by atomic mass is 10.1. The summed E-state index contributed by atoms with van der Waals surface area (Å²) in [6, 6.07) is 2.91. The van der Waals surface area contributed by atoms with Gasteiger partial charge >= 0.3 is 6.36 Å². The van der Waals surface area contributed by atoms with Gasteiger partial charge in [0.1, 0.15) is 12.4 Å². The highest BCUT2D eigenvalue weighted by Gasteiger charge is 2.28. The van der Waals surface area contributed by atoms with Gasteiger partial charge in [0.25, 0.3) is 0 Å². The Morgan fingerprint density at radius 3 is 2.45 bits per heavy atom. The van der Waals surface area contributed by atoms with Gasteiger partial charge in [-0.2, -0.15) is 0 Å². The van der Waals surface area contributed by atoms with Gasteiger partial charge in [0.15, 0.2) is 0 Å². The molecule has 1 aromatic rings. The van der Waals surface area contributed by atoms with E-state index in [0.29, 0.717) is 17.0 Å². The van der Waals surface area contributed by atoms with E-state index in [1.165, 1.54) is 6.07 Å². The highest BCUT2D eigenvalue weighted by atomic mass is 35.5. The van der Waals surface area contributed by atoms with Crippen molar-refractivity contribution in [2.45, 2.75) is 25.7 Å². The Morgan fingerprint density at radius 1 is 1.25 bits per heavy atom. The van der Waals surface area contributed by atoms with Crippen molar-refractivity contribution < 1.29 is 22.6 Å². The predicted octanol–water partition coefficient (Wildman–Crippen LogP) is 3.80. The molecule has 0 aliphatic rings. The van der Waals surface area contributed by atoms with E-state index in [-0.39, 0.29) is 23.4 Å². The van der Waals surface area contributed by atoms with Crippen LogP contribution in [0.4, 0.5) is 13.2 Å². The number of hydrogen-bond donors (Lipinski definition) is 1. The first-order valence-electron chi connectivity index (χ1n) is 5.76. The van der Waals surface area contributed by atoms with E-state index < -0.39 is 13.0 Å². The van der Waals surface area contributed by atoms with E-state index in [9.17, 15) is 13.2 Å². The van der Waals surface area contributed by atoms with E-state index in [4.69, 9.17) is 33.7 Å². The van der Waals surface area contributed by atoms with Crippen molar-refractivity contribution in [1.82, 2.24) is 0 Å². The normalized spacial score (nSPS) is 13.3. The molecule has 0 amide bonds. The Bertz CT molecular complexity index is 453. The molecular formula is C12H14Cl2F3NO2. The average molecular weight is 332 g/mol. The molecule has 3 nitrogen and oxygen atoms in total. The van der Waals surface area contributed by atoms with Crippen LogP contribution in [0, 0.1) is 0 Å². The van der Waals surface area contributed by atoms with Crippen molar-refractivity contribution in [3.05, 3.63) is 27.7 Å². The van der Waals surface area contributed by atoms with Crippen LogP contribution in [-0.4, -0.2) is 25.6 Å². The molecule has 0 fully saturated rings. The third-order valence-corrected chi connectivity index (χ3v) is 2.72. The SMILES string of the molecule is CC(N)Cc1cc(Cl)cc(Cl)c1OCCOC(F)(F)F. The Balaban J connectivity index is 2.72. The van der Waals surface area contributed by atoms with Gasteiger partial charge in [-0.1, -0.05) is 23.2 Å². The second-order valence-corrected chi connectivity index (χ2v) is 5.04. The quantitative estimate of drug-likeness (QED) is 0.806. The molecule has 114 valence electrons. The second kappa shape index (κ2) is 7.36. The Hall–Kier alpha value is -0.690. The van der Waals surface area contributed by atoms with Crippen LogP contribution in [0.25, 0.3) is 0 Å². The summed E-state index contributed by atoms with van der Waals surface area (Å²) >= 11 is 11.8. The van der Waals surface area contributed by atoms with E-state index in [2.05, 4.69) is 4.74 Å². The summed E-state index contributed by atoms with van der Waals surface area (Å²) in [4.78, 5) is 0. The molecule has 0 saturated heterocycles. The number of ether oxygens (including phenoxy) is 2. The molecule has 1 atom stereocenters. The minimum Gasteiger partial charge on any atom is -0.489 e. The van der Waals surface area contributed by atoms with Crippen LogP contribution in [0.5, 0.6) is 5.75 Å². The molecule has 0 aliphatic carbocycles. The van der Waals surface area contributed by atoms with Crippen molar-refractivity contribution in [3.63, 3.8) is 0 Å². The lowest BCUT2D eigenvalue weighted by molar-refractivity contribution is -0.325. The van der Waals surface area contributed by atoms with Crippen LogP contribution < -0.4 is 10.5 Å². The molecule has 0 heterocycles. The Kier molecular flexibility index (Phi) is 6.39. The first-order valence-corrected chi connectivity index (χ1v) is 6.51. The van der Waals surface area contributed by atoms with E-state index >= 15 is 0 Å². The van der Waals surface area contributed by atoms with Crippen LogP contribution in [0.2, 0.25) is 10.0 Å². The number of alkyl halides is 3. The topological polar surface area (TPSA) is 44.5 Å². The number of hydrogen-bond acceptors (Lipinski definition) is 3. The monoisotopic (exact) mass is 331 g/mol. The van der Waals surface area contributed by atoms with E-state index in [0.717, 1.165) is 0 Å². The molecule has 1 rings (SSSR count). The molecule has 8 heteroatoms. The first kappa shape index (κ1) is 17.4. The van der Waals surface area contributed by atoms with Crippen molar-refractivity contribution in [2.75, 3.05) is 13.2 Å². The summed E-state index contributed by atoms with van der Waals surface area (Å²) in [5.41, 5.74) is 6.33. The van der Waals surface area contributed by atoms with Crippen LogP contribution in [-0.2, 0) is 11.2 Å².